The molecule has 11 nitrogen and oxygen atoms in total. The first kappa shape index (κ1) is 79.1. The maximum Gasteiger partial charge on any atom is 0.306 e. The van der Waals surface area contributed by atoms with E-state index in [0.717, 1.165) is 103 Å². The Morgan fingerprint density at radius 2 is 0.821 bits per heavy atom. The van der Waals surface area contributed by atoms with Crippen LogP contribution in [0, 0.1) is 0 Å². The normalized spacial score (nSPS) is 18.9. The predicted octanol–water partition coefficient (Wildman–Crippen LogP) is 17.9. The van der Waals surface area contributed by atoms with Crippen molar-refractivity contribution in [2.75, 3.05) is 13.2 Å². The van der Waals surface area contributed by atoms with Crippen molar-refractivity contribution in [2.24, 2.45) is 0 Å². The van der Waals surface area contributed by atoms with E-state index < -0.39 is 67.4 Å². The van der Waals surface area contributed by atoms with Gasteiger partial charge in [-0.2, -0.15) is 0 Å². The summed E-state index contributed by atoms with van der Waals surface area (Å²) in [5.74, 6) is -1.20. The molecule has 1 amide bonds. The summed E-state index contributed by atoms with van der Waals surface area (Å²) in [7, 11) is 0. The fourth-order valence-electron chi connectivity index (χ4n) is 10.7. The number of allylic oxidation sites excluding steroid dienone is 11. The van der Waals surface area contributed by atoms with Crippen LogP contribution in [0.15, 0.2) is 72.9 Å². The molecule has 1 aliphatic rings. The van der Waals surface area contributed by atoms with E-state index in [-0.39, 0.29) is 19.4 Å². The van der Waals surface area contributed by atoms with Gasteiger partial charge in [-0.05, 0) is 96.3 Å². The second-order valence-corrected chi connectivity index (χ2v) is 24.3. The van der Waals surface area contributed by atoms with Crippen LogP contribution in [0.2, 0.25) is 0 Å². The van der Waals surface area contributed by atoms with Crippen LogP contribution in [0.3, 0.4) is 0 Å². The van der Waals surface area contributed by atoms with Gasteiger partial charge < -0.3 is 45.1 Å². The van der Waals surface area contributed by atoms with Gasteiger partial charge in [-0.25, -0.2) is 0 Å². The van der Waals surface area contributed by atoms with Crippen LogP contribution in [0.1, 0.15) is 316 Å². The summed E-state index contributed by atoms with van der Waals surface area (Å²) in [6.07, 6.45) is 67.9. The van der Waals surface area contributed by atoms with E-state index in [4.69, 9.17) is 14.2 Å². The fraction of sp³-hybridized carbons (Fsp3) is 0.808. The smallest absolute Gasteiger partial charge is 0.306 e. The number of aliphatic hydroxyl groups is 5. The van der Waals surface area contributed by atoms with Gasteiger partial charge in [0.2, 0.25) is 5.91 Å². The number of hydrogen-bond donors (Lipinski definition) is 6. The molecular weight excluding hydrogens is 1050 g/mol. The average Bonchev–Trinajstić information content (AvgIpc) is 3.65. The molecule has 0 aromatic carbocycles. The minimum absolute atomic E-state index is 0.110. The van der Waals surface area contributed by atoms with Gasteiger partial charge in [-0.15, -0.1) is 0 Å². The van der Waals surface area contributed by atoms with Crippen LogP contribution in [-0.2, 0) is 23.8 Å². The van der Waals surface area contributed by atoms with Gasteiger partial charge in [-0.3, -0.25) is 9.59 Å². The second kappa shape index (κ2) is 60.4. The molecule has 488 valence electrons. The molecule has 0 spiro atoms. The molecule has 0 saturated carbocycles. The van der Waals surface area contributed by atoms with Crippen molar-refractivity contribution in [3.8, 4) is 0 Å². The minimum Gasteiger partial charge on any atom is -0.454 e. The second-order valence-electron chi connectivity index (χ2n) is 24.3. The highest BCUT2D eigenvalue weighted by molar-refractivity contribution is 5.80. The minimum atomic E-state index is -1.62. The number of rotatable bonds is 60. The van der Waals surface area contributed by atoms with Crippen LogP contribution in [-0.4, -0.2) is 99.6 Å². The van der Waals surface area contributed by atoms with E-state index in [9.17, 15) is 35.1 Å². The van der Waals surface area contributed by atoms with Crippen LogP contribution in [0.4, 0.5) is 0 Å². The number of carbonyl (C=O) groups excluding carboxylic acids is 2. The summed E-state index contributed by atoms with van der Waals surface area (Å²) in [6.45, 7) is 5.78. The third-order valence-electron chi connectivity index (χ3n) is 16.3. The molecule has 1 saturated heterocycles. The molecule has 1 aliphatic heterocycles. The third-order valence-corrected chi connectivity index (χ3v) is 16.3. The summed E-state index contributed by atoms with van der Waals surface area (Å²) >= 11 is 0. The number of hydrogen-bond acceptors (Lipinski definition) is 10. The molecule has 1 heterocycles. The number of nitrogens with one attached hydrogen (secondary N) is 1. The molecule has 6 N–H and O–H groups in total. The zero-order valence-electron chi connectivity index (χ0n) is 54.3. The number of aliphatic hydroxyl groups excluding tert-OH is 5. The Bertz CT molecular complexity index is 1640. The molecule has 0 bridgehead atoms. The summed E-state index contributed by atoms with van der Waals surface area (Å²) in [5.41, 5.74) is 0. The van der Waals surface area contributed by atoms with Crippen LogP contribution in [0.5, 0.6) is 0 Å². The third kappa shape index (κ3) is 47.2. The standard InChI is InChI=1S/C73H131NO10/c1-4-7-10-13-16-19-22-25-27-29-31-33-34-35-37-39-41-43-46-49-52-55-58-61-68(78)84-71-70(80)69(79)67(62-75)83-73(71)82-63-64(65(76)59-56-53-50-47-44-24-21-18-15-12-9-6-3)74-72(81)66(77)60-57-54-51-48-45-42-40-38-36-32-30-28-26-23-20-17-14-11-8-5-2/h16,19,25-28,31,33,35,37,56,59,64-67,69-71,73,75-77,79-80H,4-15,17-18,20-24,29-30,32,34,36,38-55,57-58,60-63H2,1-3H3,(H,74,81)/b19-16-,27-25-,28-26+,33-31-,37-35-,59-56+. The summed E-state index contributed by atoms with van der Waals surface area (Å²) in [5, 5.41) is 57.2. The van der Waals surface area contributed by atoms with Crippen LogP contribution in [0.25, 0.3) is 0 Å². The number of esters is 1. The number of ether oxygens (including phenoxy) is 3. The molecule has 11 heteroatoms. The maximum absolute atomic E-state index is 13.5. The van der Waals surface area contributed by atoms with E-state index in [2.05, 4.69) is 86.8 Å². The quantitative estimate of drug-likeness (QED) is 0.0195. The van der Waals surface area contributed by atoms with Gasteiger partial charge in [0.1, 0.15) is 24.4 Å². The Kier molecular flexibility index (Phi) is 56.9. The molecule has 0 radical (unpaired) electrons. The van der Waals surface area contributed by atoms with Gasteiger partial charge in [0.25, 0.3) is 0 Å². The topological polar surface area (TPSA) is 175 Å². The van der Waals surface area contributed by atoms with Gasteiger partial charge in [0, 0.05) is 6.42 Å². The van der Waals surface area contributed by atoms with Gasteiger partial charge in [0.15, 0.2) is 12.4 Å². The van der Waals surface area contributed by atoms with Gasteiger partial charge in [-0.1, -0.05) is 286 Å². The first-order valence-electron chi connectivity index (χ1n) is 35.2. The van der Waals surface area contributed by atoms with Crippen LogP contribution < -0.4 is 5.32 Å². The lowest BCUT2D eigenvalue weighted by Crippen LogP contribution is -2.61. The Morgan fingerprint density at radius 1 is 0.464 bits per heavy atom. The highest BCUT2D eigenvalue weighted by atomic mass is 16.7. The lowest BCUT2D eigenvalue weighted by atomic mass is 9.99. The number of carbonyl (C=O) groups is 2. The van der Waals surface area contributed by atoms with Crippen molar-refractivity contribution in [3.05, 3.63) is 72.9 Å². The van der Waals surface area contributed by atoms with Gasteiger partial charge >= 0.3 is 5.97 Å². The highest BCUT2D eigenvalue weighted by Crippen LogP contribution is 2.26. The summed E-state index contributed by atoms with van der Waals surface area (Å²) < 4.78 is 17.7. The maximum atomic E-state index is 13.5. The first-order chi connectivity index (χ1) is 41.2. The van der Waals surface area contributed by atoms with Crippen molar-refractivity contribution in [1.82, 2.24) is 5.32 Å². The molecular formula is C73H131NO10. The Morgan fingerprint density at radius 3 is 1.26 bits per heavy atom. The lowest BCUT2D eigenvalue weighted by molar-refractivity contribution is -0.305. The zero-order chi connectivity index (χ0) is 61.0. The molecule has 8 unspecified atom stereocenters. The molecule has 0 aromatic heterocycles. The monoisotopic (exact) mass is 1180 g/mol. The van der Waals surface area contributed by atoms with Crippen molar-refractivity contribution < 1.29 is 49.3 Å². The van der Waals surface area contributed by atoms with E-state index in [0.29, 0.717) is 12.8 Å². The van der Waals surface area contributed by atoms with E-state index in [1.807, 2.05) is 6.08 Å². The molecule has 8 atom stereocenters. The SMILES string of the molecule is CCCCC/C=C\C/C=C\C/C=C\C/C=C\CCCCCCCCCC(=O)OC1C(OCC(NC(=O)C(O)CCCCCCCCCCCC/C=C/CCCCCCCC)C(O)/C=C/CCCCCCCCCCCC)OC(CO)C(O)C1O. The van der Waals surface area contributed by atoms with E-state index in [1.54, 1.807) is 6.08 Å². The molecule has 84 heavy (non-hydrogen) atoms. The summed E-state index contributed by atoms with van der Waals surface area (Å²) in [4.78, 5) is 26.7. The van der Waals surface area contributed by atoms with E-state index in [1.165, 1.54) is 167 Å². The predicted molar refractivity (Wildman–Crippen MR) is 352 cm³/mol. The van der Waals surface area contributed by atoms with Crippen molar-refractivity contribution in [2.45, 2.75) is 365 Å². The largest absolute Gasteiger partial charge is 0.454 e. The number of unbranched alkanes of at least 4 members (excludes halogenated alkanes) is 36. The van der Waals surface area contributed by atoms with Crippen molar-refractivity contribution in [3.63, 3.8) is 0 Å². The van der Waals surface area contributed by atoms with Gasteiger partial charge in [0.05, 0.1) is 25.4 Å². The Labute approximate surface area is 515 Å². The average molecular weight is 1180 g/mol. The van der Waals surface area contributed by atoms with Crippen LogP contribution >= 0.6 is 0 Å². The first-order valence-corrected chi connectivity index (χ1v) is 35.2. The molecule has 0 aromatic rings. The lowest BCUT2D eigenvalue weighted by Gasteiger charge is -2.41. The highest BCUT2D eigenvalue weighted by Gasteiger charge is 2.47. The molecule has 1 rings (SSSR count). The van der Waals surface area contributed by atoms with Crippen molar-refractivity contribution in [1.29, 1.82) is 0 Å². The summed E-state index contributed by atoms with van der Waals surface area (Å²) in [6, 6.07) is -1.03. The van der Waals surface area contributed by atoms with E-state index >= 15 is 0 Å². The van der Waals surface area contributed by atoms with Crippen molar-refractivity contribution >= 4 is 11.9 Å². The molecule has 1 fully saturated rings. The number of amides is 1. The zero-order valence-corrected chi connectivity index (χ0v) is 54.3. The Balaban J connectivity index is 2.60. The Hall–Kier alpha value is -2.90. The fourth-order valence-corrected chi connectivity index (χ4v) is 10.7. The molecule has 0 aliphatic carbocycles.